The highest BCUT2D eigenvalue weighted by Gasteiger charge is 2.11. The first-order valence-electron chi connectivity index (χ1n) is 8.47. The number of ether oxygens (including phenoxy) is 1. The lowest BCUT2D eigenvalue weighted by Gasteiger charge is -2.23. The molecule has 0 unspecified atom stereocenters. The average Bonchev–Trinajstić information content (AvgIpc) is 2.59. The van der Waals surface area contributed by atoms with Crippen molar-refractivity contribution in [2.45, 2.75) is 32.8 Å². The van der Waals surface area contributed by atoms with Crippen molar-refractivity contribution >= 4 is 10.8 Å². The Hall–Kier alpha value is -1.42. The van der Waals surface area contributed by atoms with Crippen LogP contribution in [0.4, 0.5) is 0 Å². The predicted molar refractivity (Wildman–Crippen MR) is 97.6 cm³/mol. The van der Waals surface area contributed by atoms with Crippen molar-refractivity contribution in [1.29, 1.82) is 5.26 Å². The Kier molecular flexibility index (Phi) is 10.3. The molecule has 0 saturated carbocycles. The van der Waals surface area contributed by atoms with Gasteiger partial charge in [-0.1, -0.05) is 13.8 Å². The number of benzene rings is 1. The Bertz CT molecular complexity index is 528. The van der Waals surface area contributed by atoms with E-state index in [2.05, 4.69) is 17.9 Å². The molecule has 1 aromatic rings. The Morgan fingerprint density at radius 3 is 2.58 bits per heavy atom. The van der Waals surface area contributed by atoms with Crippen LogP contribution in [0.3, 0.4) is 0 Å². The number of aliphatic hydroxyl groups excluding tert-OH is 1. The molecule has 2 atom stereocenters. The molecule has 0 amide bonds. The third kappa shape index (κ3) is 8.44. The highest BCUT2D eigenvalue weighted by Crippen LogP contribution is 2.12. The molecule has 1 aromatic carbocycles. The molecule has 0 fully saturated rings. The normalized spacial score (nSPS) is 13.5. The van der Waals surface area contributed by atoms with Gasteiger partial charge in [0.15, 0.2) is 0 Å². The van der Waals surface area contributed by atoms with Crippen LogP contribution in [0.15, 0.2) is 24.3 Å². The van der Waals surface area contributed by atoms with Crippen LogP contribution in [-0.4, -0.2) is 58.1 Å². The van der Waals surface area contributed by atoms with Crippen molar-refractivity contribution < 1.29 is 14.1 Å². The summed E-state index contributed by atoms with van der Waals surface area (Å²) < 4.78 is 17.2. The summed E-state index contributed by atoms with van der Waals surface area (Å²) in [5, 5.41) is 18.9. The van der Waals surface area contributed by atoms with Crippen LogP contribution in [0.5, 0.6) is 5.75 Å². The van der Waals surface area contributed by atoms with Crippen molar-refractivity contribution in [1.82, 2.24) is 4.90 Å². The predicted octanol–water partition coefficient (Wildman–Crippen LogP) is 2.17. The van der Waals surface area contributed by atoms with E-state index in [1.165, 1.54) is 0 Å². The molecule has 1 rings (SSSR count). The lowest BCUT2D eigenvalue weighted by atomic mass is 10.2. The van der Waals surface area contributed by atoms with Gasteiger partial charge >= 0.3 is 0 Å². The molecular weight excluding hydrogens is 324 g/mol. The molecule has 6 heteroatoms. The molecule has 0 bridgehead atoms. The molecule has 0 aliphatic heterocycles. The van der Waals surface area contributed by atoms with Gasteiger partial charge in [0.2, 0.25) is 0 Å². The lowest BCUT2D eigenvalue weighted by Crippen LogP contribution is -2.36. The summed E-state index contributed by atoms with van der Waals surface area (Å²) in [5.74, 6) is 2.14. The second-order valence-electron chi connectivity index (χ2n) is 5.70. The van der Waals surface area contributed by atoms with E-state index in [4.69, 9.17) is 10.00 Å². The van der Waals surface area contributed by atoms with E-state index in [0.717, 1.165) is 37.4 Å². The Labute approximate surface area is 147 Å². The highest BCUT2D eigenvalue weighted by molar-refractivity contribution is 7.84. The first-order chi connectivity index (χ1) is 11.6. The standard InChI is InChI=1S/C18H28N2O3S/c1-3-11-24(22)12-5-10-20(4-2)14-17(21)15-23-18-8-6-16(13-19)7-9-18/h6-9,17,21H,3-5,10-12,14-15H2,1-2H3/t17-,24+/m0/s1. The molecular formula is C18H28N2O3S. The fraction of sp³-hybridized carbons (Fsp3) is 0.611. The minimum Gasteiger partial charge on any atom is -0.491 e. The monoisotopic (exact) mass is 352 g/mol. The second-order valence-corrected chi connectivity index (χ2v) is 7.39. The van der Waals surface area contributed by atoms with Crippen LogP contribution in [0.25, 0.3) is 0 Å². The molecule has 134 valence electrons. The van der Waals surface area contributed by atoms with Gasteiger partial charge in [-0.3, -0.25) is 4.21 Å². The largest absolute Gasteiger partial charge is 0.491 e. The van der Waals surface area contributed by atoms with Crippen LogP contribution in [0.1, 0.15) is 32.3 Å². The summed E-state index contributed by atoms with van der Waals surface area (Å²) in [7, 11) is -0.719. The molecule has 5 nitrogen and oxygen atoms in total. The smallest absolute Gasteiger partial charge is 0.119 e. The molecule has 0 aromatic heterocycles. The van der Waals surface area contributed by atoms with Crippen LogP contribution in [0, 0.1) is 11.3 Å². The summed E-state index contributed by atoms with van der Waals surface area (Å²) in [6.07, 6.45) is 1.25. The Balaban J connectivity index is 2.28. The van der Waals surface area contributed by atoms with Crippen molar-refractivity contribution in [3.63, 3.8) is 0 Å². The maximum absolute atomic E-state index is 11.6. The average molecular weight is 353 g/mol. The van der Waals surface area contributed by atoms with Crippen molar-refractivity contribution in [2.75, 3.05) is 37.7 Å². The van der Waals surface area contributed by atoms with Gasteiger partial charge in [-0.2, -0.15) is 5.26 Å². The zero-order chi connectivity index (χ0) is 17.8. The van der Waals surface area contributed by atoms with Crippen molar-refractivity contribution in [3.05, 3.63) is 29.8 Å². The maximum atomic E-state index is 11.6. The summed E-state index contributed by atoms with van der Waals surface area (Å²) in [5.41, 5.74) is 0.584. The number of rotatable bonds is 12. The van der Waals surface area contributed by atoms with Crippen molar-refractivity contribution in [2.24, 2.45) is 0 Å². The number of hydrogen-bond donors (Lipinski definition) is 1. The molecule has 1 N–H and O–H groups in total. The quantitative estimate of drug-likeness (QED) is 0.624. The zero-order valence-electron chi connectivity index (χ0n) is 14.6. The molecule has 0 spiro atoms. The van der Waals surface area contributed by atoms with E-state index in [0.29, 0.717) is 17.9 Å². The van der Waals surface area contributed by atoms with Crippen molar-refractivity contribution in [3.8, 4) is 11.8 Å². The van der Waals surface area contributed by atoms with Gasteiger partial charge in [-0.05, 0) is 50.2 Å². The summed E-state index contributed by atoms with van der Waals surface area (Å²) >= 11 is 0. The van der Waals surface area contributed by atoms with Gasteiger partial charge < -0.3 is 14.7 Å². The van der Waals surface area contributed by atoms with Crippen LogP contribution >= 0.6 is 0 Å². The molecule has 0 heterocycles. The first kappa shape index (κ1) is 20.6. The van der Waals surface area contributed by atoms with E-state index < -0.39 is 16.9 Å². The number of hydrogen-bond acceptors (Lipinski definition) is 5. The number of nitriles is 1. The number of likely N-dealkylation sites (N-methyl/N-ethyl adjacent to an activating group) is 1. The number of aliphatic hydroxyl groups is 1. The highest BCUT2D eigenvalue weighted by atomic mass is 32.2. The third-order valence-electron chi connectivity index (χ3n) is 3.62. The van der Waals surface area contributed by atoms with Gasteiger partial charge in [0.25, 0.3) is 0 Å². The van der Waals surface area contributed by atoms with Gasteiger partial charge in [0.1, 0.15) is 18.5 Å². The SMILES string of the molecule is CCC[S@@](=O)CCCN(CC)C[C@H](O)COc1ccc(C#N)cc1. The van der Waals surface area contributed by atoms with Gasteiger partial charge in [-0.25, -0.2) is 0 Å². The fourth-order valence-electron chi connectivity index (χ4n) is 2.33. The van der Waals surface area contributed by atoms with E-state index in [1.807, 2.05) is 6.92 Å². The second kappa shape index (κ2) is 12.0. The summed E-state index contributed by atoms with van der Waals surface area (Å²) in [6.45, 7) is 6.52. The first-order valence-corrected chi connectivity index (χ1v) is 9.96. The lowest BCUT2D eigenvalue weighted by molar-refractivity contribution is 0.0700. The van der Waals surface area contributed by atoms with Crippen LogP contribution in [-0.2, 0) is 10.8 Å². The van der Waals surface area contributed by atoms with Gasteiger partial charge in [-0.15, -0.1) is 0 Å². The summed E-state index contributed by atoms with van der Waals surface area (Å²) in [4.78, 5) is 2.15. The van der Waals surface area contributed by atoms with Crippen LogP contribution < -0.4 is 4.74 Å². The fourth-order valence-corrected chi connectivity index (χ4v) is 3.44. The van der Waals surface area contributed by atoms with Gasteiger partial charge in [0, 0.05) is 28.9 Å². The molecule has 0 aliphatic rings. The Morgan fingerprint density at radius 2 is 2.00 bits per heavy atom. The molecule has 0 saturated heterocycles. The number of nitrogens with zero attached hydrogens (tertiary/aromatic N) is 2. The minimum atomic E-state index is -0.719. The summed E-state index contributed by atoms with van der Waals surface area (Å²) in [6, 6.07) is 8.89. The molecule has 24 heavy (non-hydrogen) atoms. The van der Waals surface area contributed by atoms with E-state index in [1.54, 1.807) is 24.3 Å². The maximum Gasteiger partial charge on any atom is 0.119 e. The Morgan fingerprint density at radius 1 is 1.29 bits per heavy atom. The van der Waals surface area contributed by atoms with Crippen LogP contribution in [0.2, 0.25) is 0 Å². The van der Waals surface area contributed by atoms with E-state index in [-0.39, 0.29) is 6.61 Å². The van der Waals surface area contributed by atoms with E-state index in [9.17, 15) is 9.32 Å². The van der Waals surface area contributed by atoms with E-state index >= 15 is 0 Å². The van der Waals surface area contributed by atoms with Gasteiger partial charge in [0.05, 0.1) is 11.6 Å². The molecule has 0 aliphatic carbocycles. The zero-order valence-corrected chi connectivity index (χ0v) is 15.4. The molecule has 0 radical (unpaired) electrons. The third-order valence-corrected chi connectivity index (χ3v) is 5.23. The topological polar surface area (TPSA) is 73.6 Å². The minimum absolute atomic E-state index is 0.212.